The summed E-state index contributed by atoms with van der Waals surface area (Å²) in [5.41, 5.74) is 1.35. The fourth-order valence-electron chi connectivity index (χ4n) is 1.88. The molecule has 0 saturated heterocycles. The average molecular weight is 288 g/mol. The molecule has 1 heterocycles. The molecule has 0 amide bonds. The van der Waals surface area contributed by atoms with Gasteiger partial charge in [-0.05, 0) is 26.0 Å². The molecule has 1 aromatic heterocycles. The van der Waals surface area contributed by atoms with Crippen molar-refractivity contribution in [3.63, 3.8) is 0 Å². The molecule has 0 radical (unpaired) electrons. The lowest BCUT2D eigenvalue weighted by Crippen LogP contribution is -2.06. The second-order valence-corrected chi connectivity index (χ2v) is 4.78. The minimum atomic E-state index is -0.496. The minimum Gasteiger partial charge on any atom is -0.497 e. The van der Waals surface area contributed by atoms with Gasteiger partial charge in [-0.3, -0.25) is 0 Å². The van der Waals surface area contributed by atoms with Crippen molar-refractivity contribution >= 4 is 16.9 Å². The van der Waals surface area contributed by atoms with Crippen LogP contribution in [0.3, 0.4) is 0 Å². The monoisotopic (exact) mass is 288 g/mol. The van der Waals surface area contributed by atoms with E-state index in [0.29, 0.717) is 22.3 Å². The molecule has 21 heavy (non-hydrogen) atoms. The normalized spacial score (nSPS) is 10.2. The summed E-state index contributed by atoms with van der Waals surface area (Å²) >= 11 is 0. The maximum atomic E-state index is 11.6. The van der Waals surface area contributed by atoms with Crippen LogP contribution in [0.5, 0.6) is 5.75 Å². The molecule has 5 nitrogen and oxygen atoms in total. The number of hydrogen-bond acceptors (Lipinski definition) is 5. The van der Waals surface area contributed by atoms with Crippen LogP contribution in [-0.2, 0) is 16.1 Å². The van der Waals surface area contributed by atoms with Gasteiger partial charge in [-0.2, -0.15) is 0 Å². The van der Waals surface area contributed by atoms with E-state index in [0.717, 1.165) is 5.57 Å². The number of carbonyl (C=O) groups excluding carboxylic acids is 1. The van der Waals surface area contributed by atoms with E-state index in [1.807, 2.05) is 0 Å². The smallest absolute Gasteiger partial charge is 0.336 e. The molecule has 0 aliphatic rings. The molecule has 2 aromatic rings. The highest BCUT2D eigenvalue weighted by molar-refractivity contribution is 5.84. The maximum Gasteiger partial charge on any atom is 0.336 e. The summed E-state index contributed by atoms with van der Waals surface area (Å²) in [6.07, 6.45) is 1.40. The summed E-state index contributed by atoms with van der Waals surface area (Å²) in [7, 11) is 1.53. The molecule has 0 aliphatic heterocycles. The molecule has 0 saturated carbocycles. The number of rotatable bonds is 4. The number of benzene rings is 1. The quantitative estimate of drug-likeness (QED) is 0.491. The Labute approximate surface area is 121 Å². The Hall–Kier alpha value is -2.56. The zero-order valence-corrected chi connectivity index (χ0v) is 12.1. The summed E-state index contributed by atoms with van der Waals surface area (Å²) in [5, 5.41) is 0.709. The van der Waals surface area contributed by atoms with Gasteiger partial charge in [-0.25, -0.2) is 9.59 Å². The molecule has 0 spiro atoms. The summed E-state index contributed by atoms with van der Waals surface area (Å²) in [5.74, 6) is 0.147. The molecular weight excluding hydrogens is 272 g/mol. The van der Waals surface area contributed by atoms with Crippen LogP contribution in [0, 0.1) is 0 Å². The van der Waals surface area contributed by atoms with Crippen molar-refractivity contribution in [3.05, 3.63) is 51.9 Å². The zero-order valence-electron chi connectivity index (χ0n) is 12.1. The number of carbonyl (C=O) groups is 1. The highest BCUT2D eigenvalue weighted by Gasteiger charge is 2.09. The van der Waals surface area contributed by atoms with Gasteiger partial charge in [0.25, 0.3) is 0 Å². The van der Waals surface area contributed by atoms with Gasteiger partial charge in [-0.15, -0.1) is 0 Å². The van der Waals surface area contributed by atoms with Gasteiger partial charge >= 0.3 is 11.6 Å². The number of esters is 1. The second-order valence-electron chi connectivity index (χ2n) is 4.78. The SMILES string of the molecule is COc1ccc2c(COC(=O)C=C(C)C)cc(=O)oc2c1. The van der Waals surface area contributed by atoms with E-state index in [4.69, 9.17) is 13.9 Å². The lowest BCUT2D eigenvalue weighted by molar-refractivity contribution is -0.139. The lowest BCUT2D eigenvalue weighted by atomic mass is 10.1. The second kappa shape index (κ2) is 6.26. The Bertz CT molecular complexity index is 751. The minimum absolute atomic E-state index is 0.0110. The molecule has 0 aliphatic carbocycles. The Kier molecular flexibility index (Phi) is 4.42. The third kappa shape index (κ3) is 3.72. The highest BCUT2D eigenvalue weighted by atomic mass is 16.5. The molecule has 0 bridgehead atoms. The molecule has 0 unspecified atom stereocenters. The van der Waals surface area contributed by atoms with Crippen LogP contribution in [0.2, 0.25) is 0 Å². The van der Waals surface area contributed by atoms with E-state index < -0.39 is 11.6 Å². The predicted molar refractivity (Wildman–Crippen MR) is 78.3 cm³/mol. The van der Waals surface area contributed by atoms with Crippen LogP contribution in [0.4, 0.5) is 0 Å². The van der Waals surface area contributed by atoms with Crippen molar-refractivity contribution in [2.45, 2.75) is 20.5 Å². The summed E-state index contributed by atoms with van der Waals surface area (Å²) in [6.45, 7) is 3.62. The number of ether oxygens (including phenoxy) is 2. The van der Waals surface area contributed by atoms with Crippen LogP contribution >= 0.6 is 0 Å². The van der Waals surface area contributed by atoms with Gasteiger partial charge in [0, 0.05) is 29.2 Å². The van der Waals surface area contributed by atoms with Crippen molar-refractivity contribution in [1.29, 1.82) is 0 Å². The molecular formula is C16H16O5. The van der Waals surface area contributed by atoms with E-state index in [1.54, 1.807) is 32.0 Å². The molecule has 5 heteroatoms. The first kappa shape index (κ1) is 14.8. The number of methoxy groups -OCH3 is 1. The first-order valence-electron chi connectivity index (χ1n) is 6.42. The van der Waals surface area contributed by atoms with Crippen molar-refractivity contribution < 1.29 is 18.7 Å². The van der Waals surface area contributed by atoms with Gasteiger partial charge in [0.2, 0.25) is 0 Å². The summed E-state index contributed by atoms with van der Waals surface area (Å²) in [6, 6.07) is 6.47. The van der Waals surface area contributed by atoms with Crippen LogP contribution < -0.4 is 10.4 Å². The molecule has 1 aromatic carbocycles. The average Bonchev–Trinajstić information content (AvgIpc) is 2.43. The topological polar surface area (TPSA) is 65.7 Å². The van der Waals surface area contributed by atoms with Gasteiger partial charge < -0.3 is 13.9 Å². The van der Waals surface area contributed by atoms with E-state index in [2.05, 4.69) is 0 Å². The number of hydrogen-bond donors (Lipinski definition) is 0. The summed E-state index contributed by atoms with van der Waals surface area (Å²) < 4.78 is 15.3. The molecule has 0 N–H and O–H groups in total. The summed E-state index contributed by atoms with van der Waals surface area (Å²) in [4.78, 5) is 23.1. The largest absolute Gasteiger partial charge is 0.497 e. The Morgan fingerprint density at radius 1 is 1.29 bits per heavy atom. The van der Waals surface area contributed by atoms with Crippen LogP contribution in [-0.4, -0.2) is 13.1 Å². The first-order valence-corrected chi connectivity index (χ1v) is 6.42. The lowest BCUT2D eigenvalue weighted by Gasteiger charge is -2.07. The van der Waals surface area contributed by atoms with Crippen LogP contribution in [0.25, 0.3) is 11.0 Å². The Morgan fingerprint density at radius 2 is 2.05 bits per heavy atom. The van der Waals surface area contributed by atoms with Gasteiger partial charge in [0.15, 0.2) is 0 Å². The Balaban J connectivity index is 2.33. The molecule has 0 atom stereocenters. The zero-order chi connectivity index (χ0) is 15.4. The number of fused-ring (bicyclic) bond motifs is 1. The van der Waals surface area contributed by atoms with E-state index in [-0.39, 0.29) is 6.61 Å². The fraction of sp³-hybridized carbons (Fsp3) is 0.250. The van der Waals surface area contributed by atoms with Gasteiger partial charge in [0.1, 0.15) is 17.9 Å². The van der Waals surface area contributed by atoms with Crippen molar-refractivity contribution in [3.8, 4) is 5.75 Å². The number of allylic oxidation sites excluding steroid dienone is 1. The Morgan fingerprint density at radius 3 is 2.71 bits per heavy atom. The third-order valence-corrected chi connectivity index (χ3v) is 2.81. The third-order valence-electron chi connectivity index (χ3n) is 2.81. The molecule has 0 fully saturated rings. The van der Waals surface area contributed by atoms with Crippen molar-refractivity contribution in [2.75, 3.05) is 7.11 Å². The first-order chi connectivity index (χ1) is 9.99. The van der Waals surface area contributed by atoms with E-state index in [9.17, 15) is 9.59 Å². The fourth-order valence-corrected chi connectivity index (χ4v) is 1.88. The van der Waals surface area contributed by atoms with Gasteiger partial charge in [0.05, 0.1) is 7.11 Å². The molecule has 2 rings (SSSR count). The van der Waals surface area contributed by atoms with E-state index in [1.165, 1.54) is 19.3 Å². The maximum absolute atomic E-state index is 11.6. The van der Waals surface area contributed by atoms with E-state index >= 15 is 0 Å². The van der Waals surface area contributed by atoms with Crippen molar-refractivity contribution in [1.82, 2.24) is 0 Å². The van der Waals surface area contributed by atoms with Crippen molar-refractivity contribution in [2.24, 2.45) is 0 Å². The van der Waals surface area contributed by atoms with Gasteiger partial charge in [-0.1, -0.05) is 5.57 Å². The molecule has 110 valence electrons. The standard InChI is InChI=1S/C16H16O5/c1-10(2)6-15(17)20-9-11-7-16(18)21-14-8-12(19-3)4-5-13(11)14/h4-8H,9H2,1-3H3. The highest BCUT2D eigenvalue weighted by Crippen LogP contribution is 2.23. The van der Waals surface area contributed by atoms with Crippen LogP contribution in [0.15, 0.2) is 45.1 Å². The van der Waals surface area contributed by atoms with Crippen LogP contribution in [0.1, 0.15) is 19.4 Å². The predicted octanol–water partition coefficient (Wildman–Crippen LogP) is 2.81.